The Kier molecular flexibility index (Phi) is 5.17. The van der Waals surface area contributed by atoms with Crippen LogP contribution in [0.15, 0.2) is 24.3 Å². The van der Waals surface area contributed by atoms with E-state index in [0.29, 0.717) is 11.4 Å². The molecule has 19 heavy (non-hydrogen) atoms. The van der Waals surface area contributed by atoms with Crippen molar-refractivity contribution in [1.29, 1.82) is 0 Å². The summed E-state index contributed by atoms with van der Waals surface area (Å²) < 4.78 is 25.4. The Morgan fingerprint density at radius 2 is 1.89 bits per heavy atom. The molecule has 0 aliphatic rings. The van der Waals surface area contributed by atoms with Gasteiger partial charge in [-0.1, -0.05) is 0 Å². The first kappa shape index (κ1) is 15.3. The highest BCUT2D eigenvalue weighted by atomic mass is 32.2. The molecule has 0 heterocycles. The van der Waals surface area contributed by atoms with Crippen LogP contribution >= 0.6 is 0 Å². The number of benzene rings is 1. The number of nitrogens with two attached hydrogens (primary N) is 1. The van der Waals surface area contributed by atoms with Crippen molar-refractivity contribution >= 4 is 27.3 Å². The number of anilines is 2. The maximum absolute atomic E-state index is 12.0. The normalized spacial score (nSPS) is 11.1. The third kappa shape index (κ3) is 4.44. The van der Waals surface area contributed by atoms with Crippen LogP contribution in [0.25, 0.3) is 0 Å². The smallest absolute Gasteiger partial charge is 0.234 e. The van der Waals surface area contributed by atoms with Gasteiger partial charge in [0.25, 0.3) is 0 Å². The lowest BCUT2D eigenvalue weighted by atomic mass is 10.3. The van der Waals surface area contributed by atoms with Gasteiger partial charge in [-0.15, -0.1) is 0 Å². The molecule has 0 fully saturated rings. The van der Waals surface area contributed by atoms with E-state index in [1.165, 1.54) is 11.2 Å². The Bertz CT molecular complexity index is 526. The largest absolute Gasteiger partial charge is 0.399 e. The van der Waals surface area contributed by atoms with Crippen molar-refractivity contribution in [3.05, 3.63) is 24.3 Å². The number of hydrogen-bond donors (Lipinski definition) is 2. The first-order chi connectivity index (χ1) is 8.86. The predicted octanol–water partition coefficient (Wildman–Crippen LogP) is 0.561. The Morgan fingerprint density at radius 3 is 2.37 bits per heavy atom. The molecule has 1 aromatic carbocycles. The standard InChI is InChI=1S/C12H19N3O3S/c1-3-19(17,18)15(9-8-14-10(2)16)12-6-4-11(13)5-7-12/h4-7H,3,8-9,13H2,1-2H3,(H,14,16). The minimum absolute atomic E-state index is 0.00253. The van der Waals surface area contributed by atoms with Gasteiger partial charge in [0.05, 0.1) is 18.0 Å². The SMILES string of the molecule is CCS(=O)(=O)N(CCNC(C)=O)c1ccc(N)cc1. The Labute approximate surface area is 113 Å². The van der Waals surface area contributed by atoms with Crippen LogP contribution in [-0.4, -0.2) is 33.2 Å². The van der Waals surface area contributed by atoms with Gasteiger partial charge in [-0.05, 0) is 31.2 Å². The highest BCUT2D eigenvalue weighted by molar-refractivity contribution is 7.92. The first-order valence-electron chi connectivity index (χ1n) is 5.97. The second-order valence-electron chi connectivity index (χ2n) is 4.05. The molecule has 0 radical (unpaired) electrons. The van der Waals surface area contributed by atoms with E-state index in [2.05, 4.69) is 5.32 Å². The summed E-state index contributed by atoms with van der Waals surface area (Å²) in [6.07, 6.45) is 0. The second kappa shape index (κ2) is 6.42. The molecular weight excluding hydrogens is 266 g/mol. The lowest BCUT2D eigenvalue weighted by Crippen LogP contribution is -2.38. The van der Waals surface area contributed by atoms with Gasteiger partial charge >= 0.3 is 0 Å². The molecule has 1 aromatic rings. The molecule has 1 rings (SSSR count). The molecule has 6 nitrogen and oxygen atoms in total. The maximum atomic E-state index is 12.0. The Balaban J connectivity index is 2.93. The van der Waals surface area contributed by atoms with Gasteiger partial charge in [0.2, 0.25) is 15.9 Å². The molecule has 106 valence electrons. The van der Waals surface area contributed by atoms with E-state index in [-0.39, 0.29) is 24.7 Å². The molecule has 3 N–H and O–H groups in total. The molecule has 7 heteroatoms. The fourth-order valence-electron chi connectivity index (χ4n) is 1.56. The number of rotatable bonds is 6. The molecule has 0 unspecified atom stereocenters. The van der Waals surface area contributed by atoms with Crippen molar-refractivity contribution in [2.75, 3.05) is 28.9 Å². The molecular formula is C12H19N3O3S. The number of nitrogen functional groups attached to an aromatic ring is 1. The molecule has 0 spiro atoms. The fraction of sp³-hybridized carbons (Fsp3) is 0.417. The zero-order valence-corrected chi connectivity index (χ0v) is 11.9. The van der Waals surface area contributed by atoms with Crippen LogP contribution in [0.4, 0.5) is 11.4 Å². The van der Waals surface area contributed by atoms with E-state index in [1.807, 2.05) is 0 Å². The summed E-state index contributed by atoms with van der Waals surface area (Å²) in [5.74, 6) is -0.191. The molecule has 0 atom stereocenters. The van der Waals surface area contributed by atoms with Gasteiger partial charge < -0.3 is 11.1 Å². The van der Waals surface area contributed by atoms with Crippen molar-refractivity contribution in [3.63, 3.8) is 0 Å². The van der Waals surface area contributed by atoms with Crippen molar-refractivity contribution in [2.24, 2.45) is 0 Å². The van der Waals surface area contributed by atoms with Crippen molar-refractivity contribution in [1.82, 2.24) is 5.32 Å². The summed E-state index contributed by atoms with van der Waals surface area (Å²) >= 11 is 0. The highest BCUT2D eigenvalue weighted by Gasteiger charge is 2.20. The number of sulfonamides is 1. The van der Waals surface area contributed by atoms with Gasteiger partial charge in [-0.25, -0.2) is 8.42 Å². The minimum Gasteiger partial charge on any atom is -0.399 e. The maximum Gasteiger partial charge on any atom is 0.234 e. The number of nitrogens with one attached hydrogen (secondary N) is 1. The second-order valence-corrected chi connectivity index (χ2v) is 6.23. The lowest BCUT2D eigenvalue weighted by Gasteiger charge is -2.24. The zero-order valence-electron chi connectivity index (χ0n) is 11.1. The van der Waals surface area contributed by atoms with Crippen LogP contribution in [0.5, 0.6) is 0 Å². The third-order valence-corrected chi connectivity index (χ3v) is 4.37. The monoisotopic (exact) mass is 285 g/mol. The topological polar surface area (TPSA) is 92.5 Å². The van der Waals surface area contributed by atoms with Gasteiger partial charge in [-0.3, -0.25) is 9.10 Å². The summed E-state index contributed by atoms with van der Waals surface area (Å²) in [4.78, 5) is 10.8. The third-order valence-electron chi connectivity index (χ3n) is 2.57. The average molecular weight is 285 g/mol. The number of carbonyl (C=O) groups excluding carboxylic acids is 1. The number of hydrogen-bond acceptors (Lipinski definition) is 4. The van der Waals surface area contributed by atoms with E-state index < -0.39 is 10.0 Å². The van der Waals surface area contributed by atoms with Crippen LogP contribution in [0.1, 0.15) is 13.8 Å². The van der Waals surface area contributed by atoms with Crippen molar-refractivity contribution < 1.29 is 13.2 Å². The first-order valence-corrected chi connectivity index (χ1v) is 7.58. The number of carbonyl (C=O) groups is 1. The highest BCUT2D eigenvalue weighted by Crippen LogP contribution is 2.19. The van der Waals surface area contributed by atoms with Crippen molar-refractivity contribution in [3.8, 4) is 0 Å². The molecule has 0 aliphatic heterocycles. The molecule has 0 bridgehead atoms. The zero-order chi connectivity index (χ0) is 14.5. The summed E-state index contributed by atoms with van der Waals surface area (Å²) in [6.45, 7) is 3.43. The van der Waals surface area contributed by atoms with Crippen molar-refractivity contribution in [2.45, 2.75) is 13.8 Å². The van der Waals surface area contributed by atoms with Crippen LogP contribution in [-0.2, 0) is 14.8 Å². The van der Waals surface area contributed by atoms with Gasteiger partial charge in [0.15, 0.2) is 0 Å². The van der Waals surface area contributed by atoms with E-state index in [0.717, 1.165) is 0 Å². The quantitative estimate of drug-likeness (QED) is 0.747. The Morgan fingerprint density at radius 1 is 1.32 bits per heavy atom. The van der Waals surface area contributed by atoms with Gasteiger partial charge in [0.1, 0.15) is 0 Å². The predicted molar refractivity (Wildman–Crippen MR) is 76.3 cm³/mol. The van der Waals surface area contributed by atoms with Crippen LogP contribution in [0.3, 0.4) is 0 Å². The fourth-order valence-corrected chi connectivity index (χ4v) is 2.68. The van der Waals surface area contributed by atoms with Crippen LogP contribution in [0, 0.1) is 0 Å². The number of nitrogens with zero attached hydrogens (tertiary/aromatic N) is 1. The molecule has 0 saturated heterocycles. The van der Waals surface area contributed by atoms with E-state index in [1.54, 1.807) is 31.2 Å². The summed E-state index contributed by atoms with van der Waals surface area (Å²) in [7, 11) is -3.38. The summed E-state index contributed by atoms with van der Waals surface area (Å²) in [5, 5.41) is 2.58. The molecule has 0 aliphatic carbocycles. The summed E-state index contributed by atoms with van der Waals surface area (Å²) in [6, 6.07) is 6.59. The molecule has 1 amide bonds. The molecule has 0 aromatic heterocycles. The van der Waals surface area contributed by atoms with E-state index in [9.17, 15) is 13.2 Å². The van der Waals surface area contributed by atoms with Crippen LogP contribution < -0.4 is 15.4 Å². The molecule has 0 saturated carbocycles. The summed E-state index contributed by atoms with van der Waals surface area (Å²) in [5.41, 5.74) is 6.70. The Hall–Kier alpha value is -1.76. The van der Waals surface area contributed by atoms with Gasteiger partial charge in [-0.2, -0.15) is 0 Å². The van der Waals surface area contributed by atoms with E-state index in [4.69, 9.17) is 5.73 Å². The minimum atomic E-state index is -3.38. The lowest BCUT2D eigenvalue weighted by molar-refractivity contribution is -0.118. The van der Waals surface area contributed by atoms with Gasteiger partial charge in [0, 0.05) is 19.2 Å². The average Bonchev–Trinajstić information content (AvgIpc) is 2.35. The number of amides is 1. The van der Waals surface area contributed by atoms with E-state index >= 15 is 0 Å². The van der Waals surface area contributed by atoms with Crippen LogP contribution in [0.2, 0.25) is 0 Å².